The van der Waals surface area contributed by atoms with E-state index in [1.807, 2.05) is 0 Å². The molecular formula is C17H38O2Si. The van der Waals surface area contributed by atoms with Crippen molar-refractivity contribution in [1.82, 2.24) is 0 Å². The van der Waals surface area contributed by atoms with Crippen LogP contribution in [0.4, 0.5) is 0 Å². The summed E-state index contributed by atoms with van der Waals surface area (Å²) in [6.07, 6.45) is 6.72. The van der Waals surface area contributed by atoms with Gasteiger partial charge in [-0.25, -0.2) is 0 Å². The Morgan fingerprint density at radius 2 is 1.45 bits per heavy atom. The lowest BCUT2D eigenvalue weighted by atomic mass is 9.91. The molecule has 0 aromatic carbocycles. The van der Waals surface area contributed by atoms with E-state index in [-0.39, 0.29) is 11.5 Å². The Balaban J connectivity index is 4.25. The van der Waals surface area contributed by atoms with Crippen molar-refractivity contribution < 1.29 is 8.85 Å². The highest BCUT2D eigenvalue weighted by Gasteiger charge is 2.38. The van der Waals surface area contributed by atoms with Crippen LogP contribution in [0.5, 0.6) is 0 Å². The van der Waals surface area contributed by atoms with Gasteiger partial charge in [0.1, 0.15) is 0 Å². The van der Waals surface area contributed by atoms with Crippen LogP contribution < -0.4 is 0 Å². The normalized spacial score (nSPS) is 14.6. The van der Waals surface area contributed by atoms with Crippen molar-refractivity contribution in [2.45, 2.75) is 98.8 Å². The molecule has 1 unspecified atom stereocenters. The zero-order valence-corrected chi connectivity index (χ0v) is 16.1. The lowest BCUT2D eigenvalue weighted by Gasteiger charge is -2.37. The van der Waals surface area contributed by atoms with Gasteiger partial charge in [0.25, 0.3) is 0 Å². The van der Waals surface area contributed by atoms with E-state index in [1.165, 1.54) is 32.1 Å². The third kappa shape index (κ3) is 7.80. The minimum absolute atomic E-state index is 0.188. The van der Waals surface area contributed by atoms with Crippen molar-refractivity contribution in [3.63, 3.8) is 0 Å². The Labute approximate surface area is 128 Å². The van der Waals surface area contributed by atoms with Gasteiger partial charge in [-0.3, -0.25) is 0 Å². The predicted molar refractivity (Wildman–Crippen MR) is 91.4 cm³/mol. The topological polar surface area (TPSA) is 18.5 Å². The Kier molecular flexibility index (Phi) is 10.0. The van der Waals surface area contributed by atoms with Crippen molar-refractivity contribution in [1.29, 1.82) is 0 Å². The molecule has 0 N–H and O–H groups in total. The summed E-state index contributed by atoms with van der Waals surface area (Å²) in [6, 6.07) is 2.11. The van der Waals surface area contributed by atoms with E-state index >= 15 is 0 Å². The van der Waals surface area contributed by atoms with Gasteiger partial charge in [-0.1, -0.05) is 67.2 Å². The Hall–Kier alpha value is 0.137. The van der Waals surface area contributed by atoms with E-state index < -0.39 is 8.56 Å². The summed E-state index contributed by atoms with van der Waals surface area (Å²) < 4.78 is 12.7. The van der Waals surface area contributed by atoms with Crippen LogP contribution in [0.25, 0.3) is 0 Å². The van der Waals surface area contributed by atoms with Crippen LogP contribution in [0.3, 0.4) is 0 Å². The first-order valence-corrected chi connectivity index (χ1v) is 10.9. The van der Waals surface area contributed by atoms with Gasteiger partial charge in [-0.05, 0) is 30.8 Å². The molecule has 0 aliphatic rings. The smallest absolute Gasteiger partial charge is 0.337 e. The first-order chi connectivity index (χ1) is 9.31. The molecule has 0 radical (unpaired) electrons. The molecule has 0 saturated carbocycles. The second-order valence-corrected chi connectivity index (χ2v) is 10.8. The summed E-state index contributed by atoms with van der Waals surface area (Å²) in [6.45, 7) is 16.5. The van der Waals surface area contributed by atoms with E-state index in [4.69, 9.17) is 8.85 Å². The second kappa shape index (κ2) is 9.96. The summed E-state index contributed by atoms with van der Waals surface area (Å²) >= 11 is 0. The third-order valence-corrected chi connectivity index (χ3v) is 7.97. The largest absolute Gasteiger partial charge is 0.394 e. The summed E-state index contributed by atoms with van der Waals surface area (Å²) in [7, 11) is -1.98. The zero-order chi connectivity index (χ0) is 15.6. The van der Waals surface area contributed by atoms with Crippen molar-refractivity contribution >= 4 is 8.56 Å². The first-order valence-electron chi connectivity index (χ1n) is 8.63. The Morgan fingerprint density at radius 3 is 1.90 bits per heavy atom. The summed E-state index contributed by atoms with van der Waals surface area (Å²) in [5.74, 6) is 0. The molecule has 2 nitrogen and oxygen atoms in total. The van der Waals surface area contributed by atoms with Crippen LogP contribution in [0.15, 0.2) is 0 Å². The molecule has 0 fully saturated rings. The monoisotopic (exact) mass is 302 g/mol. The molecular weight excluding hydrogens is 264 g/mol. The zero-order valence-electron chi connectivity index (χ0n) is 15.1. The molecule has 20 heavy (non-hydrogen) atoms. The van der Waals surface area contributed by atoms with Crippen LogP contribution in [0.1, 0.15) is 80.6 Å². The van der Waals surface area contributed by atoms with Gasteiger partial charge in [0.15, 0.2) is 0 Å². The molecule has 0 saturated heterocycles. The first kappa shape index (κ1) is 20.1. The van der Waals surface area contributed by atoms with E-state index in [1.54, 1.807) is 0 Å². The maximum absolute atomic E-state index is 6.45. The van der Waals surface area contributed by atoms with Crippen LogP contribution in [0, 0.1) is 5.41 Å². The Morgan fingerprint density at radius 1 is 0.900 bits per heavy atom. The maximum Gasteiger partial charge on any atom is 0.337 e. The number of unbranched alkanes of at least 4 members (excludes halogenated alkanes) is 4. The highest BCUT2D eigenvalue weighted by atomic mass is 28.4. The highest BCUT2D eigenvalue weighted by molar-refractivity contribution is 6.67. The molecule has 0 bridgehead atoms. The predicted octanol–water partition coefficient (Wildman–Crippen LogP) is 5.91. The molecule has 0 amide bonds. The van der Waals surface area contributed by atoms with Gasteiger partial charge < -0.3 is 8.85 Å². The molecule has 0 aromatic rings. The summed E-state index contributed by atoms with van der Waals surface area (Å²) in [5.41, 5.74) is 0.188. The van der Waals surface area contributed by atoms with Gasteiger partial charge in [0.05, 0.1) is 0 Å². The lowest BCUT2D eigenvalue weighted by Crippen LogP contribution is -2.46. The summed E-state index contributed by atoms with van der Waals surface area (Å²) in [5, 5.41) is 0. The molecule has 0 heterocycles. The molecule has 3 heteroatoms. The minimum atomic E-state index is -1.98. The molecule has 0 spiro atoms. The standard InChI is InChI=1S/C17H38O2Si/c1-8-11-12-13-14-15-18-20(9-2,10-3)19-16(4)17(5,6)7/h16H,8-15H2,1-7H3. The average molecular weight is 303 g/mol. The van der Waals surface area contributed by atoms with E-state index in [2.05, 4.69) is 48.5 Å². The average Bonchev–Trinajstić information content (AvgIpc) is 2.40. The third-order valence-electron chi connectivity index (χ3n) is 4.30. The SMILES string of the molecule is CCCCCCCO[Si](CC)(CC)OC(C)C(C)(C)C. The van der Waals surface area contributed by atoms with Crippen LogP contribution in [-0.4, -0.2) is 21.3 Å². The fourth-order valence-electron chi connectivity index (χ4n) is 2.12. The molecule has 1 atom stereocenters. The van der Waals surface area contributed by atoms with Crippen molar-refractivity contribution in [3.8, 4) is 0 Å². The van der Waals surface area contributed by atoms with Crippen LogP contribution in [-0.2, 0) is 8.85 Å². The van der Waals surface area contributed by atoms with Crippen LogP contribution in [0.2, 0.25) is 12.1 Å². The van der Waals surface area contributed by atoms with Crippen molar-refractivity contribution in [2.75, 3.05) is 6.61 Å². The summed E-state index contributed by atoms with van der Waals surface area (Å²) in [4.78, 5) is 0. The van der Waals surface area contributed by atoms with Gasteiger partial charge in [-0.2, -0.15) is 0 Å². The van der Waals surface area contributed by atoms with E-state index in [0.717, 1.165) is 18.7 Å². The Bertz CT molecular complexity index is 232. The fraction of sp³-hybridized carbons (Fsp3) is 1.00. The van der Waals surface area contributed by atoms with Gasteiger partial charge in [0, 0.05) is 12.7 Å². The van der Waals surface area contributed by atoms with Gasteiger partial charge >= 0.3 is 8.56 Å². The molecule has 0 aromatic heterocycles. The van der Waals surface area contributed by atoms with E-state index in [9.17, 15) is 0 Å². The van der Waals surface area contributed by atoms with E-state index in [0.29, 0.717) is 0 Å². The van der Waals surface area contributed by atoms with Gasteiger partial charge in [-0.15, -0.1) is 0 Å². The minimum Gasteiger partial charge on any atom is -0.394 e. The number of rotatable bonds is 11. The highest BCUT2D eigenvalue weighted by Crippen LogP contribution is 2.29. The van der Waals surface area contributed by atoms with Crippen molar-refractivity contribution in [2.24, 2.45) is 5.41 Å². The molecule has 0 rings (SSSR count). The number of hydrogen-bond acceptors (Lipinski definition) is 2. The van der Waals surface area contributed by atoms with Crippen LogP contribution >= 0.6 is 0 Å². The van der Waals surface area contributed by atoms with Gasteiger partial charge in [0.2, 0.25) is 0 Å². The van der Waals surface area contributed by atoms with Crippen molar-refractivity contribution in [3.05, 3.63) is 0 Å². The lowest BCUT2D eigenvalue weighted by molar-refractivity contribution is 0.0517. The number of hydrogen-bond donors (Lipinski definition) is 0. The second-order valence-electron chi connectivity index (χ2n) is 7.01. The molecule has 122 valence electrons. The fourth-order valence-corrected chi connectivity index (χ4v) is 4.94. The molecule has 0 aliphatic heterocycles. The quantitative estimate of drug-likeness (QED) is 0.349. The molecule has 0 aliphatic carbocycles. The maximum atomic E-state index is 6.45.